The van der Waals surface area contributed by atoms with E-state index in [4.69, 9.17) is 18.0 Å². The van der Waals surface area contributed by atoms with Crippen LogP contribution in [0.15, 0.2) is 18.3 Å². The molecule has 0 spiro atoms. The van der Waals surface area contributed by atoms with Gasteiger partial charge >= 0.3 is 0 Å². The topological polar surface area (TPSA) is 50.9 Å². The first-order valence-corrected chi connectivity index (χ1v) is 7.07. The SMILES string of the molecule is CCCCC(CC)CNc1ccc(C(N)=S)cn1. The second-order valence-corrected chi connectivity index (χ2v) is 5.03. The first-order chi connectivity index (χ1) is 8.67. The Morgan fingerprint density at radius 3 is 2.72 bits per heavy atom. The van der Waals surface area contributed by atoms with Gasteiger partial charge in [-0.2, -0.15) is 0 Å². The van der Waals surface area contributed by atoms with Crippen molar-refractivity contribution in [1.82, 2.24) is 4.98 Å². The molecule has 1 unspecified atom stereocenters. The van der Waals surface area contributed by atoms with Gasteiger partial charge in [0.15, 0.2) is 0 Å². The van der Waals surface area contributed by atoms with Gasteiger partial charge in [0.1, 0.15) is 10.8 Å². The van der Waals surface area contributed by atoms with Gasteiger partial charge in [-0.25, -0.2) is 4.98 Å². The van der Waals surface area contributed by atoms with E-state index in [0.29, 0.717) is 4.99 Å². The third-order valence-electron chi connectivity index (χ3n) is 3.16. The fourth-order valence-electron chi connectivity index (χ4n) is 1.84. The molecule has 1 atom stereocenters. The fourth-order valence-corrected chi connectivity index (χ4v) is 1.96. The van der Waals surface area contributed by atoms with Crippen molar-refractivity contribution < 1.29 is 0 Å². The van der Waals surface area contributed by atoms with E-state index in [9.17, 15) is 0 Å². The molecular formula is C14H23N3S. The van der Waals surface area contributed by atoms with Crippen molar-refractivity contribution in [2.45, 2.75) is 39.5 Å². The standard InChI is InChI=1S/C14H23N3S/c1-3-5-6-11(4-2)9-16-13-8-7-12(10-17-13)14(15)18/h7-8,10-11H,3-6,9H2,1-2H3,(H2,15,18)(H,16,17). The number of thiocarbonyl (C=S) groups is 1. The number of rotatable bonds is 8. The number of anilines is 1. The summed E-state index contributed by atoms with van der Waals surface area (Å²) >= 11 is 4.90. The molecule has 0 bridgehead atoms. The van der Waals surface area contributed by atoms with Crippen LogP contribution in [0, 0.1) is 5.92 Å². The van der Waals surface area contributed by atoms with E-state index >= 15 is 0 Å². The molecule has 0 aliphatic carbocycles. The predicted molar refractivity (Wildman–Crippen MR) is 81.9 cm³/mol. The highest BCUT2D eigenvalue weighted by atomic mass is 32.1. The van der Waals surface area contributed by atoms with Crippen LogP contribution >= 0.6 is 12.2 Å². The lowest BCUT2D eigenvalue weighted by Crippen LogP contribution is -2.15. The molecule has 4 heteroatoms. The van der Waals surface area contributed by atoms with Crippen LogP contribution in [0.25, 0.3) is 0 Å². The third kappa shape index (κ3) is 5.00. The molecule has 1 aromatic heterocycles. The summed E-state index contributed by atoms with van der Waals surface area (Å²) in [6, 6.07) is 3.84. The Balaban J connectivity index is 2.44. The van der Waals surface area contributed by atoms with Gasteiger partial charge in [-0.15, -0.1) is 0 Å². The Morgan fingerprint density at radius 1 is 1.44 bits per heavy atom. The summed E-state index contributed by atoms with van der Waals surface area (Å²) in [7, 11) is 0. The largest absolute Gasteiger partial charge is 0.389 e. The molecule has 1 heterocycles. The highest BCUT2D eigenvalue weighted by Gasteiger charge is 2.06. The molecule has 0 saturated carbocycles. The van der Waals surface area contributed by atoms with Crippen LogP contribution in [-0.2, 0) is 0 Å². The highest BCUT2D eigenvalue weighted by Crippen LogP contribution is 2.14. The zero-order chi connectivity index (χ0) is 13.4. The van der Waals surface area contributed by atoms with Crippen LogP contribution in [0.3, 0.4) is 0 Å². The van der Waals surface area contributed by atoms with E-state index in [-0.39, 0.29) is 0 Å². The van der Waals surface area contributed by atoms with Crippen molar-refractivity contribution in [3.8, 4) is 0 Å². The second-order valence-electron chi connectivity index (χ2n) is 4.59. The molecule has 0 saturated heterocycles. The molecule has 1 aromatic rings. The Morgan fingerprint density at radius 2 is 2.22 bits per heavy atom. The minimum absolute atomic E-state index is 0.392. The van der Waals surface area contributed by atoms with Gasteiger partial charge in [0.25, 0.3) is 0 Å². The lowest BCUT2D eigenvalue weighted by molar-refractivity contribution is 0.472. The number of hydrogen-bond donors (Lipinski definition) is 2. The molecule has 3 N–H and O–H groups in total. The minimum Gasteiger partial charge on any atom is -0.389 e. The number of nitrogens with two attached hydrogens (primary N) is 1. The highest BCUT2D eigenvalue weighted by molar-refractivity contribution is 7.80. The second kappa shape index (κ2) is 8.03. The first kappa shape index (κ1) is 14.9. The maximum Gasteiger partial charge on any atom is 0.125 e. The molecule has 3 nitrogen and oxygen atoms in total. The zero-order valence-electron chi connectivity index (χ0n) is 11.3. The summed E-state index contributed by atoms with van der Waals surface area (Å²) in [6.45, 7) is 5.46. The summed E-state index contributed by atoms with van der Waals surface area (Å²) < 4.78 is 0. The van der Waals surface area contributed by atoms with Crippen LogP contribution in [0.1, 0.15) is 45.1 Å². The van der Waals surface area contributed by atoms with E-state index in [0.717, 1.165) is 23.8 Å². The smallest absolute Gasteiger partial charge is 0.125 e. The Kier molecular flexibility index (Phi) is 6.65. The number of hydrogen-bond acceptors (Lipinski definition) is 3. The Labute approximate surface area is 115 Å². The monoisotopic (exact) mass is 265 g/mol. The van der Waals surface area contributed by atoms with Crippen LogP contribution in [0.5, 0.6) is 0 Å². The van der Waals surface area contributed by atoms with Gasteiger partial charge in [-0.05, 0) is 24.5 Å². The number of aromatic nitrogens is 1. The molecule has 0 aromatic carbocycles. The molecule has 0 amide bonds. The molecule has 0 fully saturated rings. The van der Waals surface area contributed by atoms with Gasteiger partial charge in [-0.3, -0.25) is 0 Å². The third-order valence-corrected chi connectivity index (χ3v) is 3.40. The van der Waals surface area contributed by atoms with Crippen LogP contribution in [-0.4, -0.2) is 16.5 Å². The molecule has 0 aliphatic rings. The van der Waals surface area contributed by atoms with E-state index in [1.807, 2.05) is 12.1 Å². The van der Waals surface area contributed by atoms with Gasteiger partial charge in [-0.1, -0.05) is 45.3 Å². The fraction of sp³-hybridized carbons (Fsp3) is 0.571. The van der Waals surface area contributed by atoms with E-state index in [1.54, 1.807) is 6.20 Å². The Hall–Kier alpha value is -1.16. The van der Waals surface area contributed by atoms with Crippen molar-refractivity contribution in [3.63, 3.8) is 0 Å². The average Bonchev–Trinajstić information content (AvgIpc) is 2.39. The zero-order valence-corrected chi connectivity index (χ0v) is 12.1. The molecule has 1 rings (SSSR count). The summed E-state index contributed by atoms with van der Waals surface area (Å²) in [5, 5.41) is 3.38. The van der Waals surface area contributed by atoms with Crippen LogP contribution in [0.4, 0.5) is 5.82 Å². The van der Waals surface area contributed by atoms with Crippen LogP contribution < -0.4 is 11.1 Å². The molecule has 0 aliphatic heterocycles. The molecular weight excluding hydrogens is 242 g/mol. The number of nitrogens with one attached hydrogen (secondary N) is 1. The van der Waals surface area contributed by atoms with Gasteiger partial charge in [0.05, 0.1) is 0 Å². The lowest BCUT2D eigenvalue weighted by Gasteiger charge is -2.15. The van der Waals surface area contributed by atoms with Gasteiger partial charge in [0.2, 0.25) is 0 Å². The number of nitrogens with zero attached hydrogens (tertiary/aromatic N) is 1. The summed E-state index contributed by atoms with van der Waals surface area (Å²) in [6.07, 6.45) is 6.77. The molecule has 100 valence electrons. The van der Waals surface area contributed by atoms with Crippen molar-refractivity contribution in [3.05, 3.63) is 23.9 Å². The van der Waals surface area contributed by atoms with Gasteiger partial charge in [0, 0.05) is 18.3 Å². The number of unbranched alkanes of at least 4 members (excludes halogenated alkanes) is 1. The predicted octanol–water partition coefficient (Wildman–Crippen LogP) is 3.34. The number of pyridine rings is 1. The van der Waals surface area contributed by atoms with Crippen molar-refractivity contribution in [2.24, 2.45) is 11.7 Å². The average molecular weight is 265 g/mol. The van der Waals surface area contributed by atoms with Crippen molar-refractivity contribution >= 4 is 23.0 Å². The van der Waals surface area contributed by atoms with E-state index in [1.165, 1.54) is 25.7 Å². The summed E-state index contributed by atoms with van der Waals surface area (Å²) in [5.74, 6) is 1.62. The quantitative estimate of drug-likeness (QED) is 0.708. The van der Waals surface area contributed by atoms with E-state index < -0.39 is 0 Å². The van der Waals surface area contributed by atoms with E-state index in [2.05, 4.69) is 24.1 Å². The van der Waals surface area contributed by atoms with Crippen molar-refractivity contribution in [1.29, 1.82) is 0 Å². The Bertz CT molecular complexity index is 362. The van der Waals surface area contributed by atoms with Gasteiger partial charge < -0.3 is 11.1 Å². The molecule has 18 heavy (non-hydrogen) atoms. The summed E-state index contributed by atoms with van der Waals surface area (Å²) in [5.41, 5.74) is 6.35. The lowest BCUT2D eigenvalue weighted by atomic mass is 9.99. The normalized spacial score (nSPS) is 12.1. The molecule has 0 radical (unpaired) electrons. The minimum atomic E-state index is 0.392. The first-order valence-electron chi connectivity index (χ1n) is 6.67. The maximum absolute atomic E-state index is 5.53. The van der Waals surface area contributed by atoms with Crippen LogP contribution in [0.2, 0.25) is 0 Å². The maximum atomic E-state index is 5.53. The van der Waals surface area contributed by atoms with Crippen molar-refractivity contribution in [2.75, 3.05) is 11.9 Å². The summed E-state index contributed by atoms with van der Waals surface area (Å²) in [4.78, 5) is 4.70.